The van der Waals surface area contributed by atoms with E-state index >= 15 is 0 Å². The molecule has 13 aromatic rings. The standard InChI is InChI=1S/C54H32N2S6/c1-3-9-41-37(7-1)39-21-22-40-38-8-2-4-10-42(38)56(36-19-15-34(16-20-36)44-24-26-50(60-44)52-30-28-48(62-52)46-12-6-32-58-46)54(40)53(39)55(41)35-17-13-33(14-18-35)43-23-25-49(59-43)51-29-27-47(61-51)45-11-5-31-57-45/h1-32H. The summed E-state index contributed by atoms with van der Waals surface area (Å²) < 4.78 is 4.97. The zero-order valence-electron chi connectivity index (χ0n) is 32.8. The third kappa shape index (κ3) is 5.97. The maximum absolute atomic E-state index is 2.49. The predicted octanol–water partition coefficient (Wildman–Crippen LogP) is 18.3. The van der Waals surface area contributed by atoms with E-state index in [0.29, 0.717) is 0 Å². The first kappa shape index (κ1) is 36.5. The van der Waals surface area contributed by atoms with Crippen LogP contribution in [0.1, 0.15) is 0 Å². The van der Waals surface area contributed by atoms with E-state index in [2.05, 4.69) is 202 Å². The molecular formula is C54H32N2S6. The molecule has 0 unspecified atom stereocenters. The lowest BCUT2D eigenvalue weighted by Gasteiger charge is -2.13. The minimum Gasteiger partial charge on any atom is -0.307 e. The van der Waals surface area contributed by atoms with E-state index in [1.807, 2.05) is 45.3 Å². The van der Waals surface area contributed by atoms with Crippen molar-refractivity contribution in [2.75, 3.05) is 0 Å². The van der Waals surface area contributed by atoms with Gasteiger partial charge in [0.25, 0.3) is 0 Å². The van der Waals surface area contributed by atoms with Gasteiger partial charge in [0.1, 0.15) is 0 Å². The minimum atomic E-state index is 1.15. The van der Waals surface area contributed by atoms with Gasteiger partial charge in [0.05, 0.1) is 22.1 Å². The normalized spacial score (nSPS) is 11.9. The highest BCUT2D eigenvalue weighted by atomic mass is 32.1. The Kier molecular flexibility index (Phi) is 8.71. The van der Waals surface area contributed by atoms with Crippen molar-refractivity contribution in [1.29, 1.82) is 0 Å². The van der Waals surface area contributed by atoms with Crippen LogP contribution in [0.5, 0.6) is 0 Å². The lowest BCUT2D eigenvalue weighted by Crippen LogP contribution is -1.98. The fourth-order valence-corrected chi connectivity index (χ4v) is 14.8. The summed E-state index contributed by atoms with van der Waals surface area (Å²) in [5.74, 6) is 0. The van der Waals surface area contributed by atoms with Crippen LogP contribution in [0, 0.1) is 0 Å². The lowest BCUT2D eigenvalue weighted by molar-refractivity contribution is 1.15. The maximum Gasteiger partial charge on any atom is 0.0788 e. The highest BCUT2D eigenvalue weighted by Gasteiger charge is 2.22. The molecule has 2 nitrogen and oxygen atoms in total. The number of hydrogen-bond acceptors (Lipinski definition) is 6. The van der Waals surface area contributed by atoms with Crippen LogP contribution < -0.4 is 0 Å². The topological polar surface area (TPSA) is 9.86 Å². The summed E-state index contributed by atoms with van der Waals surface area (Å²) in [6, 6.07) is 67.6. The van der Waals surface area contributed by atoms with E-state index in [1.165, 1.54) is 104 Å². The minimum absolute atomic E-state index is 1.15. The molecule has 0 amide bonds. The van der Waals surface area contributed by atoms with Gasteiger partial charge in [-0.25, -0.2) is 0 Å². The molecule has 13 rings (SSSR count). The molecule has 0 fully saturated rings. The highest BCUT2D eigenvalue weighted by Crippen LogP contribution is 2.45. The molecule has 0 aliphatic carbocycles. The zero-order valence-corrected chi connectivity index (χ0v) is 37.7. The number of nitrogens with zero attached hydrogens (tertiary/aromatic N) is 2. The van der Waals surface area contributed by atoms with E-state index in [-0.39, 0.29) is 0 Å². The van der Waals surface area contributed by atoms with Gasteiger partial charge in [0.15, 0.2) is 0 Å². The Morgan fingerprint density at radius 1 is 0.258 bits per heavy atom. The largest absolute Gasteiger partial charge is 0.307 e. The van der Waals surface area contributed by atoms with Crippen molar-refractivity contribution in [2.24, 2.45) is 0 Å². The monoisotopic (exact) mass is 900 g/mol. The lowest BCUT2D eigenvalue weighted by atomic mass is 10.1. The predicted molar refractivity (Wildman–Crippen MR) is 275 cm³/mol. The number of hydrogen-bond donors (Lipinski definition) is 0. The Morgan fingerprint density at radius 3 is 1.00 bits per heavy atom. The molecule has 8 heteroatoms. The Hall–Kier alpha value is -6.10. The van der Waals surface area contributed by atoms with Crippen LogP contribution in [-0.4, -0.2) is 9.13 Å². The second kappa shape index (κ2) is 14.8. The van der Waals surface area contributed by atoms with Crippen LogP contribution >= 0.6 is 68.0 Å². The zero-order chi connectivity index (χ0) is 40.7. The molecule has 0 N–H and O–H groups in total. The van der Waals surface area contributed by atoms with E-state index in [4.69, 9.17) is 0 Å². The first-order chi connectivity index (χ1) is 30.7. The molecule has 5 aromatic carbocycles. The van der Waals surface area contributed by atoms with E-state index in [1.54, 1.807) is 22.7 Å². The molecular weight excluding hydrogens is 869 g/mol. The SMILES string of the molecule is c1csc(-c2ccc(-c3ccc(-c4ccc(-n5c6ccccc6c6ccc7c8ccccc8n(-c8ccc(-c9ccc(-c%10ccc(-c%11cccs%11)s%10)s9)cc8)c7c65)cc4)s3)s2)c1. The van der Waals surface area contributed by atoms with Crippen LogP contribution in [0.3, 0.4) is 0 Å². The Morgan fingerprint density at radius 2 is 0.613 bits per heavy atom. The molecule has 0 spiro atoms. The first-order valence-corrected chi connectivity index (χ1v) is 25.4. The average Bonchev–Trinajstić information content (AvgIpc) is 4.18. The first-order valence-electron chi connectivity index (χ1n) is 20.4. The number of benzene rings is 5. The molecule has 0 radical (unpaired) electrons. The van der Waals surface area contributed by atoms with Gasteiger partial charge < -0.3 is 9.13 Å². The molecule has 0 aliphatic rings. The van der Waals surface area contributed by atoms with Gasteiger partial charge >= 0.3 is 0 Å². The van der Waals surface area contributed by atoms with E-state index in [0.717, 1.165) is 11.4 Å². The quantitative estimate of drug-likeness (QED) is 0.144. The Labute approximate surface area is 381 Å². The molecule has 0 atom stereocenters. The van der Waals surface area contributed by atoms with Gasteiger partial charge in [-0.3, -0.25) is 0 Å². The third-order valence-corrected chi connectivity index (χ3v) is 18.7. The van der Waals surface area contributed by atoms with Crippen molar-refractivity contribution in [1.82, 2.24) is 9.13 Å². The van der Waals surface area contributed by atoms with E-state index in [9.17, 15) is 0 Å². The molecule has 0 bridgehead atoms. The molecule has 0 saturated carbocycles. The molecule has 0 aliphatic heterocycles. The maximum atomic E-state index is 2.49. The summed E-state index contributed by atoms with van der Waals surface area (Å²) in [5, 5.41) is 9.31. The molecule has 8 heterocycles. The molecule has 0 saturated heterocycles. The number of thiophene rings is 6. The Balaban J connectivity index is 0.904. The van der Waals surface area contributed by atoms with Crippen LogP contribution in [0.2, 0.25) is 0 Å². The van der Waals surface area contributed by atoms with Gasteiger partial charge in [-0.1, -0.05) is 84.9 Å². The second-order valence-corrected chi connectivity index (χ2v) is 21.5. The summed E-state index contributed by atoms with van der Waals surface area (Å²) >= 11 is 11.1. The van der Waals surface area contributed by atoms with Crippen LogP contribution in [0.4, 0.5) is 0 Å². The number of fused-ring (bicyclic) bond motifs is 7. The van der Waals surface area contributed by atoms with E-state index < -0.39 is 0 Å². The fourth-order valence-electron chi connectivity index (χ4n) is 8.88. The van der Waals surface area contributed by atoms with Gasteiger partial charge in [-0.2, -0.15) is 0 Å². The fraction of sp³-hybridized carbons (Fsp3) is 0. The van der Waals surface area contributed by atoms with Crippen molar-refractivity contribution < 1.29 is 0 Å². The summed E-state index contributed by atoms with van der Waals surface area (Å²) in [6.07, 6.45) is 0. The van der Waals surface area contributed by atoms with Crippen molar-refractivity contribution in [2.45, 2.75) is 0 Å². The van der Waals surface area contributed by atoms with Crippen molar-refractivity contribution in [3.8, 4) is 71.3 Å². The summed E-state index contributed by atoms with van der Waals surface area (Å²) in [4.78, 5) is 13.1. The van der Waals surface area contributed by atoms with Crippen LogP contribution in [0.25, 0.3) is 115 Å². The van der Waals surface area contributed by atoms with Crippen LogP contribution in [-0.2, 0) is 0 Å². The Bertz CT molecular complexity index is 3480. The van der Waals surface area contributed by atoms with Crippen LogP contribution in [0.15, 0.2) is 193 Å². The average molecular weight is 901 g/mol. The summed E-state index contributed by atoms with van der Waals surface area (Å²) in [6.45, 7) is 0. The number of rotatable bonds is 8. The highest BCUT2D eigenvalue weighted by molar-refractivity contribution is 7.27. The smallest absolute Gasteiger partial charge is 0.0788 e. The second-order valence-electron chi connectivity index (χ2n) is 15.3. The van der Waals surface area contributed by atoms with Gasteiger partial charge in [0.2, 0.25) is 0 Å². The van der Waals surface area contributed by atoms with Gasteiger partial charge in [-0.05, 0) is 119 Å². The van der Waals surface area contributed by atoms with Crippen molar-refractivity contribution in [3.05, 3.63) is 193 Å². The van der Waals surface area contributed by atoms with Crippen molar-refractivity contribution >= 4 is 112 Å². The van der Waals surface area contributed by atoms with Gasteiger partial charge in [-0.15, -0.1) is 68.0 Å². The summed E-state index contributed by atoms with van der Waals surface area (Å²) in [5.41, 5.74) is 9.61. The van der Waals surface area contributed by atoms with Crippen molar-refractivity contribution in [3.63, 3.8) is 0 Å². The number of para-hydroxylation sites is 2. The summed E-state index contributed by atoms with van der Waals surface area (Å²) in [7, 11) is 0. The van der Waals surface area contributed by atoms with Gasteiger partial charge in [0, 0.05) is 81.7 Å². The molecule has 8 aromatic heterocycles. The molecule has 62 heavy (non-hydrogen) atoms. The number of aromatic nitrogens is 2. The third-order valence-electron chi connectivity index (χ3n) is 11.7. The molecule has 294 valence electrons.